The molecule has 6 nitrogen and oxygen atoms in total. The number of ketones is 1. The Bertz CT molecular complexity index is 791. The van der Waals surface area contributed by atoms with Crippen molar-refractivity contribution >= 4 is 28.3 Å². The van der Waals surface area contributed by atoms with Crippen molar-refractivity contribution in [1.82, 2.24) is 5.32 Å². The first kappa shape index (κ1) is 16.7. The van der Waals surface area contributed by atoms with Crippen molar-refractivity contribution in [3.8, 4) is 0 Å². The highest BCUT2D eigenvalue weighted by Crippen LogP contribution is 2.21. The summed E-state index contributed by atoms with van der Waals surface area (Å²) in [6, 6.07) is 7.02. The molecule has 0 saturated heterocycles. The molecule has 0 aliphatic heterocycles. The second kappa shape index (κ2) is 7.09. The molecule has 0 aliphatic carbocycles. The van der Waals surface area contributed by atoms with E-state index >= 15 is 0 Å². The number of nitrogens with zero attached hydrogens (tertiary/aromatic N) is 1. The van der Waals surface area contributed by atoms with Crippen LogP contribution < -0.4 is 15.8 Å². The number of nitrogens with one attached hydrogen (secondary N) is 1. The van der Waals surface area contributed by atoms with Crippen molar-refractivity contribution in [1.29, 1.82) is 0 Å². The van der Waals surface area contributed by atoms with Crippen LogP contribution in [0.1, 0.15) is 31.1 Å². The average molecular weight is 316 g/mol. The Morgan fingerprint density at radius 1 is 1.17 bits per heavy atom. The van der Waals surface area contributed by atoms with Gasteiger partial charge < -0.3 is 14.6 Å². The monoisotopic (exact) mass is 316 g/mol. The molecule has 1 N–H and O–H groups in total. The van der Waals surface area contributed by atoms with E-state index in [1.54, 1.807) is 6.07 Å². The molecule has 0 atom stereocenters. The van der Waals surface area contributed by atoms with Crippen LogP contribution in [0.3, 0.4) is 0 Å². The third-order valence-electron chi connectivity index (χ3n) is 3.59. The first-order valence-corrected chi connectivity index (χ1v) is 7.56. The molecule has 1 aromatic heterocycles. The highest BCUT2D eigenvalue weighted by atomic mass is 16.4. The van der Waals surface area contributed by atoms with Crippen molar-refractivity contribution in [3.05, 3.63) is 40.2 Å². The lowest BCUT2D eigenvalue weighted by Gasteiger charge is -2.20. The maximum Gasteiger partial charge on any atom is 0.349 e. The van der Waals surface area contributed by atoms with Gasteiger partial charge >= 0.3 is 5.63 Å². The number of hydrogen-bond donors (Lipinski definition) is 1. The minimum atomic E-state index is -0.713. The van der Waals surface area contributed by atoms with Crippen molar-refractivity contribution in [2.24, 2.45) is 0 Å². The molecule has 1 amide bonds. The molecular weight excluding hydrogens is 296 g/mol. The molecule has 0 radical (unpaired) electrons. The number of hydrogen-bond acceptors (Lipinski definition) is 5. The van der Waals surface area contributed by atoms with Gasteiger partial charge in [0.2, 0.25) is 0 Å². The van der Waals surface area contributed by atoms with Gasteiger partial charge in [-0.25, -0.2) is 4.79 Å². The summed E-state index contributed by atoms with van der Waals surface area (Å²) in [5.41, 5.74) is 0.575. The van der Waals surface area contributed by atoms with Crippen LogP contribution in [-0.2, 0) is 4.79 Å². The van der Waals surface area contributed by atoms with Gasteiger partial charge in [0.15, 0.2) is 0 Å². The summed E-state index contributed by atoms with van der Waals surface area (Å²) >= 11 is 0. The van der Waals surface area contributed by atoms with Gasteiger partial charge in [-0.2, -0.15) is 0 Å². The molecule has 2 rings (SSSR count). The number of rotatable bonds is 6. The summed E-state index contributed by atoms with van der Waals surface area (Å²) in [7, 11) is 0. The Morgan fingerprint density at radius 2 is 1.87 bits per heavy atom. The smallest absolute Gasteiger partial charge is 0.349 e. The van der Waals surface area contributed by atoms with Crippen LogP contribution in [0.5, 0.6) is 0 Å². The lowest BCUT2D eigenvalue weighted by molar-refractivity contribution is -0.116. The van der Waals surface area contributed by atoms with Crippen LogP contribution >= 0.6 is 0 Å². The van der Waals surface area contributed by atoms with Gasteiger partial charge in [0.05, 0.1) is 6.54 Å². The molecule has 1 aromatic carbocycles. The number of carbonyl (C=O) groups is 2. The van der Waals surface area contributed by atoms with Gasteiger partial charge in [-0.15, -0.1) is 0 Å². The topological polar surface area (TPSA) is 79.6 Å². The minimum Gasteiger partial charge on any atom is -0.422 e. The highest BCUT2D eigenvalue weighted by molar-refractivity contribution is 5.98. The largest absolute Gasteiger partial charge is 0.422 e. The molecule has 0 saturated carbocycles. The molecule has 0 aliphatic rings. The number of benzene rings is 1. The minimum absolute atomic E-state index is 0.102. The van der Waals surface area contributed by atoms with Gasteiger partial charge in [-0.05, 0) is 39.0 Å². The lowest BCUT2D eigenvalue weighted by Crippen LogP contribution is -2.31. The van der Waals surface area contributed by atoms with Crippen LogP contribution in [0.2, 0.25) is 0 Å². The summed E-state index contributed by atoms with van der Waals surface area (Å²) in [4.78, 5) is 37.0. The normalized spacial score (nSPS) is 10.6. The highest BCUT2D eigenvalue weighted by Gasteiger charge is 2.14. The molecule has 0 bridgehead atoms. The van der Waals surface area contributed by atoms with E-state index in [1.165, 1.54) is 13.0 Å². The molecule has 0 spiro atoms. The second-order valence-electron chi connectivity index (χ2n) is 5.23. The summed E-state index contributed by atoms with van der Waals surface area (Å²) < 4.78 is 5.27. The molecule has 0 unspecified atom stereocenters. The maximum atomic E-state index is 12.0. The SMILES string of the molecule is CCN(CC)c1ccc2cc(C(=O)NCC(C)=O)c(=O)oc2c1. The third kappa shape index (κ3) is 3.77. The third-order valence-corrected chi connectivity index (χ3v) is 3.59. The Balaban J connectivity index is 2.39. The zero-order chi connectivity index (χ0) is 17.0. The predicted octanol–water partition coefficient (Wildman–Crippen LogP) is 1.96. The number of fused-ring (bicyclic) bond motifs is 1. The summed E-state index contributed by atoms with van der Waals surface area (Å²) in [6.45, 7) is 7.03. The molecule has 6 heteroatoms. The van der Waals surface area contributed by atoms with E-state index in [0.29, 0.717) is 11.0 Å². The van der Waals surface area contributed by atoms with Crippen LogP contribution in [0.4, 0.5) is 5.69 Å². The van der Waals surface area contributed by atoms with Gasteiger partial charge in [0, 0.05) is 30.2 Å². The Kier molecular flexibility index (Phi) is 5.16. The Morgan fingerprint density at radius 3 is 2.48 bits per heavy atom. The Labute approximate surface area is 134 Å². The van der Waals surface area contributed by atoms with E-state index in [1.807, 2.05) is 26.0 Å². The fraction of sp³-hybridized carbons (Fsp3) is 0.353. The molecule has 1 heterocycles. The molecular formula is C17H20N2O4. The standard InChI is InChI=1S/C17H20N2O4/c1-4-19(5-2)13-7-6-12-8-14(16(21)18-10-11(3)20)17(22)23-15(12)9-13/h6-9H,4-5,10H2,1-3H3,(H,18,21). The number of anilines is 1. The first-order chi connectivity index (χ1) is 11.0. The van der Waals surface area contributed by atoms with Gasteiger partial charge in [0.1, 0.15) is 16.9 Å². The van der Waals surface area contributed by atoms with Crippen molar-refractivity contribution in [2.75, 3.05) is 24.5 Å². The van der Waals surface area contributed by atoms with E-state index in [2.05, 4.69) is 10.2 Å². The molecule has 2 aromatic rings. The van der Waals surface area contributed by atoms with Crippen LogP contribution in [0.15, 0.2) is 33.5 Å². The molecule has 23 heavy (non-hydrogen) atoms. The predicted molar refractivity (Wildman–Crippen MR) is 89.1 cm³/mol. The van der Waals surface area contributed by atoms with E-state index in [4.69, 9.17) is 4.42 Å². The summed E-state index contributed by atoms with van der Waals surface area (Å²) in [6.07, 6.45) is 0. The van der Waals surface area contributed by atoms with Crippen LogP contribution in [-0.4, -0.2) is 31.3 Å². The van der Waals surface area contributed by atoms with Crippen molar-refractivity contribution in [3.63, 3.8) is 0 Å². The summed E-state index contributed by atoms with van der Waals surface area (Å²) in [5, 5.41) is 3.06. The second-order valence-corrected chi connectivity index (χ2v) is 5.23. The van der Waals surface area contributed by atoms with E-state index in [0.717, 1.165) is 18.8 Å². The molecule has 122 valence electrons. The van der Waals surface area contributed by atoms with Crippen LogP contribution in [0, 0.1) is 0 Å². The van der Waals surface area contributed by atoms with Crippen LogP contribution in [0.25, 0.3) is 11.0 Å². The number of carbonyl (C=O) groups excluding carboxylic acids is 2. The van der Waals surface area contributed by atoms with Gasteiger partial charge in [0.25, 0.3) is 5.91 Å². The first-order valence-electron chi connectivity index (χ1n) is 7.56. The van der Waals surface area contributed by atoms with Gasteiger partial charge in [-0.1, -0.05) is 0 Å². The average Bonchev–Trinajstić information content (AvgIpc) is 2.53. The van der Waals surface area contributed by atoms with Crippen molar-refractivity contribution in [2.45, 2.75) is 20.8 Å². The number of amides is 1. The summed E-state index contributed by atoms with van der Waals surface area (Å²) in [5.74, 6) is -0.795. The van der Waals surface area contributed by atoms with E-state index in [9.17, 15) is 14.4 Å². The zero-order valence-corrected chi connectivity index (χ0v) is 13.5. The Hall–Kier alpha value is -2.63. The lowest BCUT2D eigenvalue weighted by atomic mass is 10.1. The van der Waals surface area contributed by atoms with E-state index in [-0.39, 0.29) is 17.9 Å². The fourth-order valence-corrected chi connectivity index (χ4v) is 2.34. The maximum absolute atomic E-state index is 12.0. The van der Waals surface area contributed by atoms with Gasteiger partial charge in [-0.3, -0.25) is 9.59 Å². The van der Waals surface area contributed by atoms with Crippen molar-refractivity contribution < 1.29 is 14.0 Å². The fourth-order valence-electron chi connectivity index (χ4n) is 2.34. The quantitative estimate of drug-likeness (QED) is 0.824. The van der Waals surface area contributed by atoms with E-state index < -0.39 is 11.5 Å². The zero-order valence-electron chi connectivity index (χ0n) is 13.5. The number of Topliss-reactive ketones (excluding diaryl/α,β-unsaturated/α-hetero) is 1. The molecule has 0 fully saturated rings.